The van der Waals surface area contributed by atoms with E-state index in [9.17, 15) is 0 Å². The van der Waals surface area contributed by atoms with E-state index in [0.29, 0.717) is 0 Å². The van der Waals surface area contributed by atoms with Gasteiger partial charge in [0.2, 0.25) is 6.33 Å². The van der Waals surface area contributed by atoms with E-state index in [4.69, 9.17) is 0 Å². The lowest BCUT2D eigenvalue weighted by Crippen LogP contribution is -2.31. The maximum absolute atomic E-state index is 2.48. The van der Waals surface area contributed by atoms with Gasteiger partial charge in [-0.2, -0.15) is 0 Å². The van der Waals surface area contributed by atoms with Crippen molar-refractivity contribution in [3.8, 4) is 0 Å². The molecule has 0 saturated heterocycles. The lowest BCUT2D eigenvalue weighted by Gasteiger charge is -2.07. The second kappa shape index (κ2) is 8.19. The molecule has 3 aromatic carbocycles. The minimum Gasteiger partial charge on any atom is -0.340 e. The molecule has 0 bridgehead atoms. The van der Waals surface area contributed by atoms with Gasteiger partial charge < -0.3 is 4.57 Å². The van der Waals surface area contributed by atoms with Crippen molar-refractivity contribution >= 4 is 21.8 Å². The van der Waals surface area contributed by atoms with Crippen LogP contribution in [0.4, 0.5) is 0 Å². The van der Waals surface area contributed by atoms with Gasteiger partial charge in [-0.3, -0.25) is 0 Å². The molecule has 0 aliphatic carbocycles. The molecule has 0 saturated carbocycles. The highest BCUT2D eigenvalue weighted by molar-refractivity contribution is 6.07. The summed E-state index contributed by atoms with van der Waals surface area (Å²) in [5.41, 5.74) is 5.34. The van der Waals surface area contributed by atoms with Gasteiger partial charge in [0.05, 0.1) is 6.54 Å². The number of aryl methyl sites for hydroxylation is 3. The van der Waals surface area contributed by atoms with Gasteiger partial charge in [-0.1, -0.05) is 66.2 Å². The lowest BCUT2D eigenvalue weighted by molar-refractivity contribution is -0.687. The van der Waals surface area contributed by atoms with Crippen molar-refractivity contribution in [2.75, 3.05) is 0 Å². The number of unbranched alkanes of at least 4 members (excludes halogenated alkanes) is 1. The first kappa shape index (κ1) is 18.7. The number of imidazole rings is 1. The van der Waals surface area contributed by atoms with E-state index in [-0.39, 0.29) is 0 Å². The fourth-order valence-electron chi connectivity index (χ4n) is 4.38. The first-order valence-corrected chi connectivity index (χ1v) is 10.8. The van der Waals surface area contributed by atoms with Crippen LogP contribution in [0, 0.1) is 6.92 Å². The lowest BCUT2D eigenvalue weighted by atomic mass is 10.1. The van der Waals surface area contributed by atoms with Gasteiger partial charge in [-0.25, -0.2) is 9.13 Å². The van der Waals surface area contributed by atoms with Crippen LogP contribution >= 0.6 is 0 Å². The van der Waals surface area contributed by atoms with Gasteiger partial charge >= 0.3 is 0 Å². The fraction of sp³-hybridized carbons (Fsp3) is 0.222. The zero-order valence-corrected chi connectivity index (χ0v) is 17.5. The van der Waals surface area contributed by atoms with E-state index in [0.717, 1.165) is 19.6 Å². The highest BCUT2D eigenvalue weighted by atomic mass is 15.1. The Morgan fingerprint density at radius 3 is 2.07 bits per heavy atom. The van der Waals surface area contributed by atoms with Crippen LogP contribution in [0.2, 0.25) is 0 Å². The SMILES string of the molecule is Cc1ccc(C[n+]2ccn(CCCCn3c4ccccc4c4ccccc43)c2)cc1. The maximum Gasteiger partial charge on any atom is 0.244 e. The van der Waals surface area contributed by atoms with Crippen molar-refractivity contribution in [1.29, 1.82) is 0 Å². The van der Waals surface area contributed by atoms with Gasteiger partial charge in [0.15, 0.2) is 0 Å². The van der Waals surface area contributed by atoms with Gasteiger partial charge in [0.1, 0.15) is 18.9 Å². The molecule has 3 heteroatoms. The monoisotopic (exact) mass is 394 g/mol. The molecule has 0 spiro atoms. The molecular weight excluding hydrogens is 366 g/mol. The summed E-state index contributed by atoms with van der Waals surface area (Å²) >= 11 is 0. The highest BCUT2D eigenvalue weighted by Gasteiger charge is 2.10. The fourth-order valence-corrected chi connectivity index (χ4v) is 4.38. The van der Waals surface area contributed by atoms with E-state index in [1.54, 1.807) is 0 Å². The van der Waals surface area contributed by atoms with E-state index in [1.807, 2.05) is 0 Å². The highest BCUT2D eigenvalue weighted by Crippen LogP contribution is 2.28. The molecule has 0 fully saturated rings. The van der Waals surface area contributed by atoms with Crippen molar-refractivity contribution in [3.05, 3.63) is 103 Å². The van der Waals surface area contributed by atoms with Crippen LogP contribution in [0.1, 0.15) is 24.0 Å². The molecule has 0 N–H and O–H groups in total. The van der Waals surface area contributed by atoms with E-state index in [1.165, 1.54) is 45.8 Å². The summed E-state index contributed by atoms with van der Waals surface area (Å²) in [6.07, 6.45) is 8.92. The Labute approximate surface area is 177 Å². The molecule has 3 nitrogen and oxygen atoms in total. The molecule has 0 radical (unpaired) electrons. The minimum atomic E-state index is 0.925. The molecule has 0 unspecified atom stereocenters. The maximum atomic E-state index is 2.48. The normalized spacial score (nSPS) is 11.5. The summed E-state index contributed by atoms with van der Waals surface area (Å²) in [7, 11) is 0. The van der Waals surface area contributed by atoms with Crippen molar-refractivity contribution in [3.63, 3.8) is 0 Å². The number of aromatic nitrogens is 3. The van der Waals surface area contributed by atoms with Crippen molar-refractivity contribution in [2.45, 2.75) is 39.4 Å². The summed E-state index contributed by atoms with van der Waals surface area (Å²) in [4.78, 5) is 0. The topological polar surface area (TPSA) is 13.7 Å². The van der Waals surface area contributed by atoms with Gasteiger partial charge in [0.25, 0.3) is 0 Å². The van der Waals surface area contributed by atoms with Crippen LogP contribution in [0.5, 0.6) is 0 Å². The predicted molar refractivity (Wildman–Crippen MR) is 124 cm³/mol. The molecule has 0 aliphatic heterocycles. The van der Waals surface area contributed by atoms with E-state index < -0.39 is 0 Å². The van der Waals surface area contributed by atoms with E-state index >= 15 is 0 Å². The molecule has 30 heavy (non-hydrogen) atoms. The average molecular weight is 395 g/mol. The quantitative estimate of drug-likeness (QED) is 0.247. The number of hydrogen-bond donors (Lipinski definition) is 0. The van der Waals surface area contributed by atoms with E-state index in [2.05, 4.69) is 112 Å². The number of para-hydroxylation sites is 2. The zero-order valence-electron chi connectivity index (χ0n) is 17.5. The molecule has 0 aliphatic rings. The summed E-state index contributed by atoms with van der Waals surface area (Å²) in [6, 6.07) is 26.3. The number of rotatable bonds is 7. The van der Waals surface area contributed by atoms with Crippen molar-refractivity contribution in [2.24, 2.45) is 0 Å². The number of fused-ring (bicyclic) bond motifs is 3. The molecule has 5 aromatic rings. The molecule has 150 valence electrons. The number of nitrogens with zero attached hydrogens (tertiary/aromatic N) is 3. The second-order valence-electron chi connectivity index (χ2n) is 8.20. The average Bonchev–Trinajstić information content (AvgIpc) is 3.35. The number of hydrogen-bond acceptors (Lipinski definition) is 0. The zero-order chi connectivity index (χ0) is 20.3. The standard InChI is InChI=1S/C27H28N3/c1-22-12-14-23(15-13-22)20-29-19-18-28(21-29)16-6-7-17-30-26-10-4-2-8-24(26)25-9-3-5-11-27(25)30/h2-5,8-15,18-19,21H,6-7,16-17,20H2,1H3/q+1. The molecule has 0 atom stereocenters. The Morgan fingerprint density at radius 2 is 1.37 bits per heavy atom. The first-order valence-electron chi connectivity index (χ1n) is 10.8. The molecule has 0 amide bonds. The van der Waals surface area contributed by atoms with Gasteiger partial charge in [0, 0.05) is 28.4 Å². The van der Waals surface area contributed by atoms with Crippen LogP contribution in [-0.2, 0) is 19.6 Å². The first-order chi connectivity index (χ1) is 14.8. The predicted octanol–water partition coefficient (Wildman–Crippen LogP) is 5.72. The molecule has 2 heterocycles. The molecule has 2 aromatic heterocycles. The minimum absolute atomic E-state index is 0.925. The summed E-state index contributed by atoms with van der Waals surface area (Å²) < 4.78 is 7.05. The van der Waals surface area contributed by atoms with Gasteiger partial charge in [-0.05, 0) is 37.5 Å². The van der Waals surface area contributed by atoms with Crippen molar-refractivity contribution < 1.29 is 4.57 Å². The third-order valence-corrected chi connectivity index (χ3v) is 5.96. The largest absolute Gasteiger partial charge is 0.340 e. The van der Waals surface area contributed by atoms with Crippen LogP contribution in [-0.4, -0.2) is 9.13 Å². The Balaban J connectivity index is 1.22. The van der Waals surface area contributed by atoms with Crippen LogP contribution in [0.15, 0.2) is 91.5 Å². The second-order valence-corrected chi connectivity index (χ2v) is 8.20. The smallest absolute Gasteiger partial charge is 0.244 e. The van der Waals surface area contributed by atoms with Crippen molar-refractivity contribution in [1.82, 2.24) is 9.13 Å². The van der Waals surface area contributed by atoms with Crippen LogP contribution in [0.25, 0.3) is 21.8 Å². The third kappa shape index (κ3) is 3.76. The Kier molecular flexibility index (Phi) is 5.10. The molecular formula is C27H28N3+. The third-order valence-electron chi connectivity index (χ3n) is 5.96. The Morgan fingerprint density at radius 1 is 0.733 bits per heavy atom. The van der Waals surface area contributed by atoms with Crippen LogP contribution in [0.3, 0.4) is 0 Å². The Hall–Kier alpha value is -3.33. The summed E-state index contributed by atoms with van der Waals surface area (Å²) in [5, 5.41) is 2.71. The molecule has 5 rings (SSSR count). The van der Waals surface area contributed by atoms with Crippen LogP contribution < -0.4 is 4.57 Å². The van der Waals surface area contributed by atoms with Gasteiger partial charge in [-0.15, -0.1) is 0 Å². The Bertz CT molecular complexity index is 1220. The summed E-state index contributed by atoms with van der Waals surface area (Å²) in [5.74, 6) is 0. The summed E-state index contributed by atoms with van der Waals surface area (Å²) in [6.45, 7) is 5.16. The number of benzene rings is 3.